The van der Waals surface area contributed by atoms with Crippen LogP contribution in [0.15, 0.2) is 0 Å². The van der Waals surface area contributed by atoms with Crippen molar-refractivity contribution in [2.24, 2.45) is 10.8 Å². The van der Waals surface area contributed by atoms with Crippen LogP contribution in [0.2, 0.25) is 0 Å². The maximum Gasteiger partial charge on any atom is -0.00622 e. The summed E-state index contributed by atoms with van der Waals surface area (Å²) in [5.74, 6) is 2.85. The van der Waals surface area contributed by atoms with E-state index < -0.39 is 0 Å². The highest BCUT2D eigenvalue weighted by Crippen LogP contribution is 2.59. The molecule has 1 heteroatoms. The minimum atomic E-state index is 0.683. The van der Waals surface area contributed by atoms with Crippen LogP contribution in [0.1, 0.15) is 39.5 Å². The first-order chi connectivity index (χ1) is 5.12. The molecule has 0 nitrogen and oxygen atoms in total. The van der Waals surface area contributed by atoms with Crippen LogP contribution >= 0.6 is 11.8 Å². The van der Waals surface area contributed by atoms with E-state index in [4.69, 9.17) is 0 Å². The van der Waals surface area contributed by atoms with E-state index in [1.54, 1.807) is 0 Å². The molecule has 1 aliphatic carbocycles. The molecule has 0 radical (unpaired) electrons. The second-order valence-electron chi connectivity index (χ2n) is 5.13. The average Bonchev–Trinajstić information content (AvgIpc) is 1.85. The smallest absolute Gasteiger partial charge is 0.00622 e. The molecule has 1 aliphatic heterocycles. The second-order valence-corrected chi connectivity index (χ2v) is 6.35. The molecule has 1 saturated carbocycles. The fourth-order valence-corrected chi connectivity index (χ4v) is 4.50. The Morgan fingerprint density at radius 2 is 1.55 bits per heavy atom. The molecule has 0 N–H and O–H groups in total. The summed E-state index contributed by atoms with van der Waals surface area (Å²) < 4.78 is 0. The Balaban J connectivity index is 1.94. The summed E-state index contributed by atoms with van der Waals surface area (Å²) in [6.45, 7) is 4.83. The Kier molecular flexibility index (Phi) is 1.75. The number of rotatable bonds is 0. The molecule has 0 bridgehead atoms. The molecule has 0 aromatic carbocycles. The molecule has 2 rings (SSSR count). The molecule has 1 spiro atoms. The summed E-state index contributed by atoms with van der Waals surface area (Å²) in [7, 11) is 0. The van der Waals surface area contributed by atoms with E-state index in [9.17, 15) is 0 Å². The molecule has 2 fully saturated rings. The van der Waals surface area contributed by atoms with Crippen molar-refractivity contribution in [1.82, 2.24) is 0 Å². The lowest BCUT2D eigenvalue weighted by Gasteiger charge is -2.55. The normalized spacial score (nSPS) is 33.3. The quantitative estimate of drug-likeness (QED) is 0.537. The molecule has 0 aromatic heterocycles. The van der Waals surface area contributed by atoms with Crippen molar-refractivity contribution in [3.05, 3.63) is 0 Å². The lowest BCUT2D eigenvalue weighted by Crippen LogP contribution is -2.45. The van der Waals surface area contributed by atoms with Gasteiger partial charge in [-0.2, -0.15) is 11.8 Å². The van der Waals surface area contributed by atoms with Gasteiger partial charge in [-0.3, -0.25) is 0 Å². The van der Waals surface area contributed by atoms with Crippen LogP contribution < -0.4 is 0 Å². The van der Waals surface area contributed by atoms with Crippen molar-refractivity contribution in [3.8, 4) is 0 Å². The Labute approximate surface area is 74.1 Å². The summed E-state index contributed by atoms with van der Waals surface area (Å²) in [5.41, 5.74) is 1.50. The first-order valence-electron chi connectivity index (χ1n) is 4.70. The van der Waals surface area contributed by atoms with Gasteiger partial charge in [0.1, 0.15) is 0 Å². The SMILES string of the molecule is CC1(C)CC2(CCSCC2)C1. The molecule has 2 aliphatic rings. The zero-order valence-electron chi connectivity index (χ0n) is 7.65. The van der Waals surface area contributed by atoms with Gasteiger partial charge in [0.15, 0.2) is 0 Å². The number of hydrogen-bond donors (Lipinski definition) is 0. The van der Waals surface area contributed by atoms with Crippen LogP contribution in [0.25, 0.3) is 0 Å². The lowest BCUT2D eigenvalue weighted by atomic mass is 9.52. The van der Waals surface area contributed by atoms with Gasteiger partial charge < -0.3 is 0 Å². The van der Waals surface area contributed by atoms with Gasteiger partial charge in [-0.25, -0.2) is 0 Å². The lowest BCUT2D eigenvalue weighted by molar-refractivity contribution is -0.0197. The van der Waals surface area contributed by atoms with E-state index in [0.717, 1.165) is 5.41 Å². The van der Waals surface area contributed by atoms with Gasteiger partial charge in [0, 0.05) is 0 Å². The zero-order chi connectivity index (χ0) is 7.95. The average molecular weight is 170 g/mol. The summed E-state index contributed by atoms with van der Waals surface area (Å²) in [6, 6.07) is 0. The Morgan fingerprint density at radius 1 is 1.00 bits per heavy atom. The first kappa shape index (κ1) is 7.97. The minimum absolute atomic E-state index is 0.683. The third-order valence-corrected chi connectivity index (χ3v) is 4.25. The molecule has 64 valence electrons. The molecule has 1 saturated heterocycles. The number of thioether (sulfide) groups is 1. The monoisotopic (exact) mass is 170 g/mol. The van der Waals surface area contributed by atoms with Gasteiger partial charge >= 0.3 is 0 Å². The largest absolute Gasteiger partial charge is 0.162 e. The zero-order valence-corrected chi connectivity index (χ0v) is 8.47. The molecule has 0 aromatic rings. The van der Waals surface area contributed by atoms with Gasteiger partial charge in [0.2, 0.25) is 0 Å². The number of hydrogen-bond acceptors (Lipinski definition) is 1. The van der Waals surface area contributed by atoms with Gasteiger partial charge in [-0.05, 0) is 48.0 Å². The molecular weight excluding hydrogens is 152 g/mol. The third kappa shape index (κ3) is 1.44. The van der Waals surface area contributed by atoms with E-state index in [-0.39, 0.29) is 0 Å². The van der Waals surface area contributed by atoms with Crippen LogP contribution in [-0.4, -0.2) is 11.5 Å². The Morgan fingerprint density at radius 3 is 2.00 bits per heavy atom. The van der Waals surface area contributed by atoms with E-state index in [0.29, 0.717) is 5.41 Å². The van der Waals surface area contributed by atoms with Crippen LogP contribution in [0, 0.1) is 10.8 Å². The van der Waals surface area contributed by atoms with E-state index in [1.165, 1.54) is 37.2 Å². The molecule has 0 unspecified atom stereocenters. The van der Waals surface area contributed by atoms with Gasteiger partial charge in [-0.15, -0.1) is 0 Å². The van der Waals surface area contributed by atoms with Crippen molar-refractivity contribution in [2.45, 2.75) is 39.5 Å². The first-order valence-corrected chi connectivity index (χ1v) is 5.85. The molecular formula is C10H18S. The maximum absolute atomic E-state index is 2.42. The van der Waals surface area contributed by atoms with E-state index >= 15 is 0 Å². The summed E-state index contributed by atoms with van der Waals surface area (Å²) in [5, 5.41) is 0. The van der Waals surface area contributed by atoms with Gasteiger partial charge in [0.05, 0.1) is 0 Å². The molecule has 0 atom stereocenters. The summed E-state index contributed by atoms with van der Waals surface area (Å²) in [6.07, 6.45) is 6.00. The van der Waals surface area contributed by atoms with Gasteiger partial charge in [0.25, 0.3) is 0 Å². The Hall–Kier alpha value is 0.350. The van der Waals surface area contributed by atoms with Crippen molar-refractivity contribution in [1.29, 1.82) is 0 Å². The highest BCUT2D eigenvalue weighted by molar-refractivity contribution is 7.99. The topological polar surface area (TPSA) is 0 Å². The highest BCUT2D eigenvalue weighted by atomic mass is 32.2. The molecule has 11 heavy (non-hydrogen) atoms. The summed E-state index contributed by atoms with van der Waals surface area (Å²) in [4.78, 5) is 0. The molecule has 1 heterocycles. The fourth-order valence-electron chi connectivity index (χ4n) is 3.14. The predicted octanol–water partition coefficient (Wildman–Crippen LogP) is 3.32. The predicted molar refractivity (Wildman–Crippen MR) is 52.0 cm³/mol. The van der Waals surface area contributed by atoms with Crippen LogP contribution in [0.3, 0.4) is 0 Å². The van der Waals surface area contributed by atoms with Crippen LogP contribution in [0.4, 0.5) is 0 Å². The van der Waals surface area contributed by atoms with Crippen molar-refractivity contribution < 1.29 is 0 Å². The van der Waals surface area contributed by atoms with Crippen molar-refractivity contribution in [2.75, 3.05) is 11.5 Å². The van der Waals surface area contributed by atoms with Crippen LogP contribution in [-0.2, 0) is 0 Å². The van der Waals surface area contributed by atoms with Crippen molar-refractivity contribution in [3.63, 3.8) is 0 Å². The minimum Gasteiger partial charge on any atom is -0.162 e. The van der Waals surface area contributed by atoms with Crippen LogP contribution in [0.5, 0.6) is 0 Å². The summed E-state index contributed by atoms with van der Waals surface area (Å²) >= 11 is 2.15. The van der Waals surface area contributed by atoms with E-state index in [1.807, 2.05) is 0 Å². The highest BCUT2D eigenvalue weighted by Gasteiger charge is 2.48. The Bertz CT molecular complexity index is 144. The van der Waals surface area contributed by atoms with E-state index in [2.05, 4.69) is 25.6 Å². The standard InChI is InChI=1S/C10H18S/c1-9(2)7-10(8-9)3-5-11-6-4-10/h3-8H2,1-2H3. The van der Waals surface area contributed by atoms with Crippen molar-refractivity contribution >= 4 is 11.8 Å². The fraction of sp³-hybridized carbons (Fsp3) is 1.00. The molecule has 0 amide bonds. The van der Waals surface area contributed by atoms with Gasteiger partial charge in [-0.1, -0.05) is 13.8 Å². The maximum atomic E-state index is 2.42. The second kappa shape index (κ2) is 2.42. The third-order valence-electron chi connectivity index (χ3n) is 3.26.